The van der Waals surface area contributed by atoms with Gasteiger partial charge in [0, 0.05) is 27.0 Å². The molecule has 1 aliphatic heterocycles. The second kappa shape index (κ2) is 8.45. The van der Waals surface area contributed by atoms with Crippen LogP contribution in [-0.4, -0.2) is 20.9 Å². The smallest absolute Gasteiger partial charge is 0.247 e. The summed E-state index contributed by atoms with van der Waals surface area (Å²) in [5.41, 5.74) is 2.87. The molecule has 1 atom stereocenters. The first-order valence-corrected chi connectivity index (χ1v) is 10.8. The first-order chi connectivity index (χ1) is 13.6. The van der Waals surface area contributed by atoms with Crippen molar-refractivity contribution in [2.45, 2.75) is 31.1 Å². The molecule has 4 rings (SSSR count). The predicted octanol–water partition coefficient (Wildman–Crippen LogP) is 5.84. The number of halogens is 2. The fourth-order valence-corrected chi connectivity index (χ4v) is 4.08. The van der Waals surface area contributed by atoms with Crippen molar-refractivity contribution in [2.75, 3.05) is 11.1 Å². The van der Waals surface area contributed by atoms with E-state index in [1.807, 2.05) is 24.3 Å². The Balaban J connectivity index is 1.77. The normalized spacial score (nSPS) is 15.0. The van der Waals surface area contributed by atoms with E-state index in [2.05, 4.69) is 43.4 Å². The third kappa shape index (κ3) is 4.12. The van der Waals surface area contributed by atoms with Gasteiger partial charge >= 0.3 is 0 Å². The van der Waals surface area contributed by atoms with E-state index >= 15 is 0 Å². The SMILES string of the molecule is CCCCSc1nnc2c(n1)O[C@@H](c1cccc(F)c1)Nc1ccc(Br)cc1-2. The number of anilines is 1. The number of aromatic nitrogens is 3. The van der Waals surface area contributed by atoms with Gasteiger partial charge in [-0.3, -0.25) is 0 Å². The average molecular weight is 461 g/mol. The van der Waals surface area contributed by atoms with Gasteiger partial charge in [-0.05, 0) is 36.8 Å². The summed E-state index contributed by atoms with van der Waals surface area (Å²) < 4.78 is 20.8. The summed E-state index contributed by atoms with van der Waals surface area (Å²) in [6.07, 6.45) is 1.59. The molecule has 28 heavy (non-hydrogen) atoms. The van der Waals surface area contributed by atoms with Gasteiger partial charge < -0.3 is 10.1 Å². The van der Waals surface area contributed by atoms with Crippen molar-refractivity contribution in [3.63, 3.8) is 0 Å². The Morgan fingerprint density at radius 1 is 1.21 bits per heavy atom. The van der Waals surface area contributed by atoms with Crippen LogP contribution in [0.2, 0.25) is 0 Å². The molecule has 5 nitrogen and oxygen atoms in total. The molecule has 2 heterocycles. The lowest BCUT2D eigenvalue weighted by atomic mass is 10.1. The van der Waals surface area contributed by atoms with E-state index in [0.717, 1.165) is 34.3 Å². The van der Waals surface area contributed by atoms with Crippen LogP contribution >= 0.6 is 27.7 Å². The largest absolute Gasteiger partial charge is 0.448 e. The average Bonchev–Trinajstić information content (AvgIpc) is 2.84. The van der Waals surface area contributed by atoms with Crippen molar-refractivity contribution >= 4 is 33.4 Å². The summed E-state index contributed by atoms with van der Waals surface area (Å²) >= 11 is 5.06. The van der Waals surface area contributed by atoms with E-state index in [4.69, 9.17) is 4.74 Å². The number of hydrogen-bond donors (Lipinski definition) is 1. The van der Waals surface area contributed by atoms with Crippen LogP contribution < -0.4 is 10.1 Å². The molecule has 144 valence electrons. The molecule has 0 saturated carbocycles. The molecule has 0 fully saturated rings. The molecule has 0 amide bonds. The Hall–Kier alpha value is -2.19. The number of nitrogens with zero attached hydrogens (tertiary/aromatic N) is 3. The van der Waals surface area contributed by atoms with Crippen molar-refractivity contribution in [3.05, 3.63) is 58.3 Å². The molecular formula is C20H18BrFN4OS. The highest BCUT2D eigenvalue weighted by atomic mass is 79.9. The van der Waals surface area contributed by atoms with Crippen LogP contribution in [0.4, 0.5) is 10.1 Å². The number of benzene rings is 2. The van der Waals surface area contributed by atoms with E-state index in [-0.39, 0.29) is 5.82 Å². The monoisotopic (exact) mass is 460 g/mol. The van der Waals surface area contributed by atoms with E-state index < -0.39 is 6.23 Å². The minimum Gasteiger partial charge on any atom is -0.448 e. The Labute approximate surface area is 175 Å². The van der Waals surface area contributed by atoms with Crippen LogP contribution in [0.15, 0.2) is 52.1 Å². The van der Waals surface area contributed by atoms with Crippen LogP contribution in [0.3, 0.4) is 0 Å². The van der Waals surface area contributed by atoms with Gasteiger partial charge in [0.1, 0.15) is 5.82 Å². The molecule has 1 aliphatic rings. The van der Waals surface area contributed by atoms with Crippen molar-refractivity contribution in [2.24, 2.45) is 0 Å². The fourth-order valence-electron chi connectivity index (χ4n) is 2.86. The second-order valence-electron chi connectivity index (χ2n) is 6.34. The number of hydrogen-bond acceptors (Lipinski definition) is 6. The number of thioether (sulfide) groups is 1. The minimum atomic E-state index is -0.595. The van der Waals surface area contributed by atoms with E-state index in [1.54, 1.807) is 17.8 Å². The standard InChI is InChI=1S/C20H18BrFN4OS/c1-2-3-9-28-20-24-19-17(25-26-20)15-11-13(21)7-8-16(15)23-18(27-19)12-5-4-6-14(22)10-12/h4-8,10-11,18,23H,2-3,9H2,1H3/t18-/m0/s1. The molecule has 0 bridgehead atoms. The van der Waals surface area contributed by atoms with Gasteiger partial charge in [0.05, 0.1) is 0 Å². The van der Waals surface area contributed by atoms with Gasteiger partial charge in [-0.25, -0.2) is 4.39 Å². The van der Waals surface area contributed by atoms with Crippen LogP contribution in [-0.2, 0) is 0 Å². The Bertz CT molecular complexity index is 1000. The lowest BCUT2D eigenvalue weighted by Crippen LogP contribution is -2.17. The molecule has 0 aliphatic carbocycles. The van der Waals surface area contributed by atoms with Crippen LogP contribution in [0.25, 0.3) is 11.3 Å². The summed E-state index contributed by atoms with van der Waals surface area (Å²) in [6, 6.07) is 12.1. The van der Waals surface area contributed by atoms with Crippen LogP contribution in [0.1, 0.15) is 31.6 Å². The minimum absolute atomic E-state index is 0.319. The molecule has 0 radical (unpaired) electrons. The number of ether oxygens (including phenoxy) is 1. The molecule has 0 unspecified atom stereocenters. The molecular weight excluding hydrogens is 443 g/mol. The maximum absolute atomic E-state index is 13.8. The molecule has 1 N–H and O–H groups in total. The first kappa shape index (κ1) is 19.1. The zero-order valence-electron chi connectivity index (χ0n) is 15.2. The summed E-state index contributed by atoms with van der Waals surface area (Å²) in [5, 5.41) is 12.6. The second-order valence-corrected chi connectivity index (χ2v) is 8.32. The quantitative estimate of drug-likeness (QED) is 0.381. The number of nitrogens with one attached hydrogen (secondary N) is 1. The van der Waals surface area contributed by atoms with E-state index in [1.165, 1.54) is 12.1 Å². The number of fused-ring (bicyclic) bond motifs is 3. The van der Waals surface area contributed by atoms with Gasteiger partial charge in [-0.2, -0.15) is 4.98 Å². The summed E-state index contributed by atoms with van der Waals surface area (Å²) in [6.45, 7) is 2.14. The molecule has 2 aromatic carbocycles. The predicted molar refractivity (Wildman–Crippen MR) is 112 cm³/mol. The molecule has 0 spiro atoms. The summed E-state index contributed by atoms with van der Waals surface area (Å²) in [4.78, 5) is 4.59. The lowest BCUT2D eigenvalue weighted by molar-refractivity contribution is 0.225. The van der Waals surface area contributed by atoms with Gasteiger partial charge in [-0.1, -0.05) is 53.2 Å². The van der Waals surface area contributed by atoms with Gasteiger partial charge in [-0.15, -0.1) is 10.2 Å². The number of unbranched alkanes of at least 4 members (excludes halogenated alkanes) is 1. The molecule has 1 aromatic heterocycles. The van der Waals surface area contributed by atoms with Crippen LogP contribution in [0.5, 0.6) is 5.88 Å². The first-order valence-electron chi connectivity index (χ1n) is 9.00. The lowest BCUT2D eigenvalue weighted by Gasteiger charge is -2.19. The zero-order valence-corrected chi connectivity index (χ0v) is 17.6. The number of rotatable bonds is 5. The molecule has 8 heteroatoms. The van der Waals surface area contributed by atoms with E-state index in [0.29, 0.717) is 22.3 Å². The topological polar surface area (TPSA) is 59.9 Å². The van der Waals surface area contributed by atoms with Crippen molar-refractivity contribution in [1.29, 1.82) is 0 Å². The highest BCUT2D eigenvalue weighted by Crippen LogP contribution is 2.40. The summed E-state index contributed by atoms with van der Waals surface area (Å²) in [7, 11) is 0. The third-order valence-corrected chi connectivity index (χ3v) is 5.69. The zero-order chi connectivity index (χ0) is 19.5. The van der Waals surface area contributed by atoms with E-state index in [9.17, 15) is 4.39 Å². The fraction of sp³-hybridized carbons (Fsp3) is 0.250. The maximum atomic E-state index is 13.8. The van der Waals surface area contributed by atoms with Crippen LogP contribution in [0, 0.1) is 5.82 Å². The van der Waals surface area contributed by atoms with Crippen molar-refractivity contribution in [1.82, 2.24) is 15.2 Å². The Morgan fingerprint density at radius 2 is 2.11 bits per heavy atom. The maximum Gasteiger partial charge on any atom is 0.247 e. The highest BCUT2D eigenvalue weighted by molar-refractivity contribution is 9.10. The molecule has 0 saturated heterocycles. The van der Waals surface area contributed by atoms with Gasteiger partial charge in [0.15, 0.2) is 11.9 Å². The van der Waals surface area contributed by atoms with Gasteiger partial charge in [0.2, 0.25) is 11.0 Å². The summed E-state index contributed by atoms with van der Waals surface area (Å²) in [5.74, 6) is 0.984. The van der Waals surface area contributed by atoms with Crippen molar-refractivity contribution in [3.8, 4) is 17.1 Å². The Morgan fingerprint density at radius 3 is 2.93 bits per heavy atom. The Kier molecular flexibility index (Phi) is 5.77. The van der Waals surface area contributed by atoms with Crippen molar-refractivity contribution < 1.29 is 9.13 Å². The molecule has 3 aromatic rings. The third-order valence-electron chi connectivity index (χ3n) is 4.27. The highest BCUT2D eigenvalue weighted by Gasteiger charge is 2.26. The van der Waals surface area contributed by atoms with Gasteiger partial charge in [0.25, 0.3) is 0 Å².